The first kappa shape index (κ1) is 9.33. The maximum Gasteiger partial charge on any atom is 0.213 e. The Balaban J connectivity index is 2.04. The second-order valence-corrected chi connectivity index (χ2v) is 4.46. The van der Waals surface area contributed by atoms with Gasteiger partial charge in [0, 0.05) is 10.9 Å². The molecule has 5 heteroatoms. The summed E-state index contributed by atoms with van der Waals surface area (Å²) in [5.74, 6) is 5.64. The van der Waals surface area contributed by atoms with E-state index >= 15 is 0 Å². The number of guanidine groups is 1. The maximum atomic E-state index is 5.73. The third-order valence-corrected chi connectivity index (χ3v) is 3.18. The van der Waals surface area contributed by atoms with E-state index in [1.165, 1.54) is 17.7 Å². The molecule has 1 aliphatic carbocycles. The van der Waals surface area contributed by atoms with Crippen molar-refractivity contribution < 1.29 is 0 Å². The molecular weight excluding hydrogens is 196 g/mol. The van der Waals surface area contributed by atoms with E-state index in [2.05, 4.69) is 21.4 Å². The number of nitrogens with zero attached hydrogens (tertiary/aromatic N) is 2. The van der Waals surface area contributed by atoms with E-state index in [0.29, 0.717) is 12.0 Å². The fraction of sp³-hybridized carbons (Fsp3) is 0.444. The summed E-state index contributed by atoms with van der Waals surface area (Å²) in [4.78, 5) is 3.37. The summed E-state index contributed by atoms with van der Waals surface area (Å²) in [5.41, 5.74) is 5.73. The van der Waals surface area contributed by atoms with Crippen molar-refractivity contribution in [2.45, 2.75) is 25.4 Å². The molecule has 0 amide bonds. The Kier molecular flexibility index (Phi) is 2.58. The lowest BCUT2D eigenvalue weighted by Crippen LogP contribution is -2.39. The van der Waals surface area contributed by atoms with Gasteiger partial charge in [-0.05, 0) is 24.3 Å². The molecule has 0 aromatic carbocycles. The lowest BCUT2D eigenvalue weighted by molar-refractivity contribution is 0.400. The molecule has 1 saturated carbocycles. The molecule has 0 saturated heterocycles. The van der Waals surface area contributed by atoms with Crippen LogP contribution in [0.1, 0.15) is 17.7 Å². The summed E-state index contributed by atoms with van der Waals surface area (Å²) < 4.78 is 0. The molecule has 14 heavy (non-hydrogen) atoms. The zero-order valence-corrected chi connectivity index (χ0v) is 8.70. The molecule has 0 radical (unpaired) electrons. The zero-order chi connectivity index (χ0) is 9.97. The normalized spacial score (nSPS) is 17.0. The molecule has 0 bridgehead atoms. The molecular formula is C9H14N4S. The van der Waals surface area contributed by atoms with Gasteiger partial charge in [0.25, 0.3) is 0 Å². The first-order valence-electron chi connectivity index (χ1n) is 4.63. The van der Waals surface area contributed by atoms with Crippen LogP contribution in [0.3, 0.4) is 0 Å². The first-order chi connectivity index (χ1) is 6.81. The summed E-state index contributed by atoms with van der Waals surface area (Å²) in [6.07, 6.45) is 2.39. The van der Waals surface area contributed by atoms with E-state index < -0.39 is 0 Å². The SMILES string of the molecule is NN=C(N)N(Cc1cccs1)C1CC1. The first-order valence-corrected chi connectivity index (χ1v) is 5.51. The van der Waals surface area contributed by atoms with Gasteiger partial charge in [-0.15, -0.1) is 16.4 Å². The number of hydrogen-bond donors (Lipinski definition) is 2. The molecule has 1 fully saturated rings. The Morgan fingerprint density at radius 1 is 1.64 bits per heavy atom. The second kappa shape index (κ2) is 3.88. The van der Waals surface area contributed by atoms with E-state index in [1.807, 2.05) is 6.07 Å². The lowest BCUT2D eigenvalue weighted by Gasteiger charge is -2.21. The van der Waals surface area contributed by atoms with Crippen molar-refractivity contribution in [2.24, 2.45) is 16.7 Å². The lowest BCUT2D eigenvalue weighted by atomic mass is 10.4. The highest BCUT2D eigenvalue weighted by atomic mass is 32.1. The van der Waals surface area contributed by atoms with Gasteiger partial charge in [-0.1, -0.05) is 6.07 Å². The van der Waals surface area contributed by atoms with Gasteiger partial charge in [-0.25, -0.2) is 0 Å². The van der Waals surface area contributed by atoms with Crippen LogP contribution in [0.15, 0.2) is 22.6 Å². The van der Waals surface area contributed by atoms with Crippen molar-refractivity contribution in [1.82, 2.24) is 4.90 Å². The Morgan fingerprint density at radius 3 is 2.93 bits per heavy atom. The number of thiophene rings is 1. The fourth-order valence-electron chi connectivity index (χ4n) is 1.43. The molecule has 1 aromatic rings. The molecule has 4 N–H and O–H groups in total. The van der Waals surface area contributed by atoms with Crippen LogP contribution in [0.2, 0.25) is 0 Å². The van der Waals surface area contributed by atoms with Crippen LogP contribution >= 0.6 is 11.3 Å². The monoisotopic (exact) mass is 210 g/mol. The second-order valence-electron chi connectivity index (χ2n) is 3.43. The molecule has 0 spiro atoms. The smallest absolute Gasteiger partial charge is 0.213 e. The summed E-state index contributed by atoms with van der Waals surface area (Å²) in [6, 6.07) is 4.69. The Bertz CT molecular complexity index is 316. The highest BCUT2D eigenvalue weighted by molar-refractivity contribution is 7.09. The summed E-state index contributed by atoms with van der Waals surface area (Å²) >= 11 is 1.73. The number of hydrazone groups is 1. The average Bonchev–Trinajstić information content (AvgIpc) is 2.92. The predicted octanol–water partition coefficient (Wildman–Crippen LogP) is 0.901. The molecule has 76 valence electrons. The highest BCUT2D eigenvalue weighted by Crippen LogP contribution is 2.28. The van der Waals surface area contributed by atoms with Crippen LogP contribution in [-0.4, -0.2) is 16.9 Å². The van der Waals surface area contributed by atoms with Gasteiger partial charge in [-0.2, -0.15) is 0 Å². The van der Waals surface area contributed by atoms with E-state index in [-0.39, 0.29) is 0 Å². The number of hydrogen-bond acceptors (Lipinski definition) is 3. The van der Waals surface area contributed by atoms with Gasteiger partial charge < -0.3 is 16.5 Å². The predicted molar refractivity (Wildman–Crippen MR) is 58.7 cm³/mol. The highest BCUT2D eigenvalue weighted by Gasteiger charge is 2.30. The molecule has 0 unspecified atom stereocenters. The molecule has 1 heterocycles. The van der Waals surface area contributed by atoms with Gasteiger partial charge in [0.1, 0.15) is 0 Å². The standard InChI is InChI=1S/C9H14N4S/c10-9(12-11)13(7-3-4-7)6-8-2-1-5-14-8/h1-2,5,7H,3-4,6,11H2,(H2,10,12). The van der Waals surface area contributed by atoms with Crippen molar-refractivity contribution in [2.75, 3.05) is 0 Å². The Hall–Kier alpha value is -1.23. The van der Waals surface area contributed by atoms with Crippen LogP contribution in [0, 0.1) is 0 Å². The van der Waals surface area contributed by atoms with Crippen molar-refractivity contribution in [3.05, 3.63) is 22.4 Å². The van der Waals surface area contributed by atoms with Crippen LogP contribution < -0.4 is 11.6 Å². The molecule has 4 nitrogen and oxygen atoms in total. The third-order valence-electron chi connectivity index (χ3n) is 2.32. The van der Waals surface area contributed by atoms with Gasteiger partial charge in [0.05, 0.1) is 6.54 Å². The summed E-state index contributed by atoms with van der Waals surface area (Å²) in [7, 11) is 0. The maximum absolute atomic E-state index is 5.73. The van der Waals surface area contributed by atoms with Crippen LogP contribution in [0.5, 0.6) is 0 Å². The van der Waals surface area contributed by atoms with Crippen LogP contribution in [-0.2, 0) is 6.54 Å². The molecule has 0 aliphatic heterocycles. The molecule has 1 aromatic heterocycles. The molecule has 2 rings (SSSR count). The van der Waals surface area contributed by atoms with Crippen molar-refractivity contribution in [3.8, 4) is 0 Å². The Labute approximate surface area is 87.2 Å². The third kappa shape index (κ3) is 1.98. The van der Waals surface area contributed by atoms with E-state index in [1.54, 1.807) is 11.3 Å². The molecule has 1 aliphatic rings. The van der Waals surface area contributed by atoms with E-state index in [9.17, 15) is 0 Å². The number of rotatable bonds is 3. The van der Waals surface area contributed by atoms with Crippen molar-refractivity contribution in [1.29, 1.82) is 0 Å². The minimum absolute atomic E-state index is 0.445. The fourth-order valence-corrected chi connectivity index (χ4v) is 2.13. The largest absolute Gasteiger partial charge is 0.368 e. The average molecular weight is 210 g/mol. The van der Waals surface area contributed by atoms with Gasteiger partial charge in [0.15, 0.2) is 0 Å². The summed E-state index contributed by atoms with van der Waals surface area (Å²) in [5, 5.41) is 5.62. The van der Waals surface area contributed by atoms with Crippen LogP contribution in [0.25, 0.3) is 0 Å². The van der Waals surface area contributed by atoms with E-state index in [0.717, 1.165) is 6.54 Å². The zero-order valence-electron chi connectivity index (χ0n) is 7.89. The topological polar surface area (TPSA) is 67.6 Å². The number of nitrogens with two attached hydrogens (primary N) is 2. The quantitative estimate of drug-likeness (QED) is 0.337. The van der Waals surface area contributed by atoms with Crippen LogP contribution in [0.4, 0.5) is 0 Å². The molecule has 0 atom stereocenters. The minimum Gasteiger partial charge on any atom is -0.368 e. The minimum atomic E-state index is 0.445. The summed E-state index contributed by atoms with van der Waals surface area (Å²) in [6.45, 7) is 0.828. The van der Waals surface area contributed by atoms with E-state index in [4.69, 9.17) is 11.6 Å². The van der Waals surface area contributed by atoms with Crippen molar-refractivity contribution >= 4 is 17.3 Å². The van der Waals surface area contributed by atoms with Gasteiger partial charge >= 0.3 is 0 Å². The van der Waals surface area contributed by atoms with Gasteiger partial charge in [0.2, 0.25) is 5.96 Å². The van der Waals surface area contributed by atoms with Crippen molar-refractivity contribution in [3.63, 3.8) is 0 Å². The van der Waals surface area contributed by atoms with Gasteiger partial charge in [-0.3, -0.25) is 0 Å². The Morgan fingerprint density at radius 2 is 2.43 bits per heavy atom.